The van der Waals surface area contributed by atoms with Gasteiger partial charge in [0.05, 0.1) is 22.4 Å². The van der Waals surface area contributed by atoms with Crippen LogP contribution in [0, 0.1) is 31.3 Å². The average Bonchev–Trinajstić information content (AvgIpc) is 3.72. The van der Waals surface area contributed by atoms with E-state index >= 15 is 0 Å². The van der Waals surface area contributed by atoms with Crippen molar-refractivity contribution in [2.24, 2.45) is 5.41 Å². The van der Waals surface area contributed by atoms with Gasteiger partial charge in [-0.1, -0.05) is 41.3 Å². The van der Waals surface area contributed by atoms with E-state index in [1.807, 2.05) is 94.6 Å². The number of hydrogen-bond donors (Lipinski definition) is 0. The molecule has 0 unspecified atom stereocenters. The van der Waals surface area contributed by atoms with Gasteiger partial charge in [-0.15, -0.1) is 18.2 Å². The maximum Gasteiger partial charge on any atom is 0 e. The predicted molar refractivity (Wildman–Crippen MR) is 215 cm³/mol. The van der Waals surface area contributed by atoms with Gasteiger partial charge in [-0.05, 0) is 43.3 Å². The van der Waals surface area contributed by atoms with E-state index < -0.39 is 31.9 Å². The predicted octanol–water partition coefficient (Wildman–Crippen LogP) is 11.1. The van der Waals surface area contributed by atoms with Crippen molar-refractivity contribution in [1.29, 1.82) is 0 Å². The van der Waals surface area contributed by atoms with Gasteiger partial charge in [0.25, 0.3) is 0 Å². The second-order valence-corrected chi connectivity index (χ2v) is 25.4. The van der Waals surface area contributed by atoms with Crippen LogP contribution in [0.15, 0.2) is 114 Å². The molecule has 5 nitrogen and oxygen atoms in total. The van der Waals surface area contributed by atoms with Crippen LogP contribution in [-0.2, 0) is 26.5 Å². The number of pyridine rings is 2. The molecule has 1 radical (unpaired) electrons. The third-order valence-electron chi connectivity index (χ3n) is 8.55. The van der Waals surface area contributed by atoms with Crippen LogP contribution in [0.25, 0.3) is 61.4 Å². The van der Waals surface area contributed by atoms with Gasteiger partial charge in [0.2, 0.25) is 5.71 Å². The first-order chi connectivity index (χ1) is 26.3. The molecule has 0 fully saturated rings. The van der Waals surface area contributed by atoms with Crippen LogP contribution in [0.1, 0.15) is 44.4 Å². The fourth-order valence-electron chi connectivity index (χ4n) is 6.20. The van der Waals surface area contributed by atoms with E-state index in [0.29, 0.717) is 22.5 Å². The second-order valence-electron chi connectivity index (χ2n) is 14.8. The Morgan fingerprint density at radius 1 is 0.885 bits per heavy atom. The number of rotatable bonds is 5. The number of para-hydroxylation sites is 3. The topological polar surface area (TPSA) is 56.7 Å². The summed E-state index contributed by atoms with van der Waals surface area (Å²) in [5.74, 6) is 7.50. The molecule has 0 bridgehead atoms. The van der Waals surface area contributed by atoms with Crippen LogP contribution in [0.5, 0.6) is 0 Å². The van der Waals surface area contributed by atoms with Gasteiger partial charge in [-0.3, -0.25) is 4.98 Å². The molecule has 0 aliphatic heterocycles. The smallest absolute Gasteiger partial charge is 0 e. The third kappa shape index (κ3) is 7.85. The molecule has 0 saturated heterocycles. The van der Waals surface area contributed by atoms with Gasteiger partial charge in [-0.2, -0.15) is 0 Å². The monoisotopic (exact) mass is 928 g/mol. The fourth-order valence-corrected chi connectivity index (χ4v) is 9.13. The van der Waals surface area contributed by atoms with Crippen LogP contribution in [0.3, 0.4) is 0 Å². The summed E-state index contributed by atoms with van der Waals surface area (Å²) in [5, 5.41) is 2.02. The first-order valence-electron chi connectivity index (χ1n) is 19.6. The molecule has 265 valence electrons. The van der Waals surface area contributed by atoms with Crippen LogP contribution in [0.2, 0.25) is 17.3 Å². The van der Waals surface area contributed by atoms with Gasteiger partial charge in [0.15, 0.2) is 0 Å². The Hall–Kier alpha value is -4.36. The first kappa shape index (κ1) is 31.2. The maximum atomic E-state index is 8.80. The van der Waals surface area contributed by atoms with E-state index in [0.717, 1.165) is 54.6 Å². The molecule has 0 atom stereocenters. The van der Waals surface area contributed by atoms with Gasteiger partial charge in [-0.25, -0.2) is 4.98 Å². The SMILES string of the molecule is Cc1ccc2c(n1)oc1c(-c3nc4ccccc4n3-c3ccccc3)[c-]ccc12.[2H]C([2H])([2H])c1c[c-]c(-c2cc(C([2H])([2H])C(C)(C)C)[c]([Ge]([CH3])([CH3])[CH3])cn2)cc1.[Ir]. The summed E-state index contributed by atoms with van der Waals surface area (Å²) in [6, 6.07) is 39.4. The summed E-state index contributed by atoms with van der Waals surface area (Å²) in [6.07, 6.45) is 0.303. The largest absolute Gasteiger partial charge is 0 e. The fraction of sp³-hybridized carbons (Fsp3) is 0.222. The molecule has 0 saturated carbocycles. The van der Waals surface area contributed by atoms with E-state index in [1.165, 1.54) is 6.07 Å². The van der Waals surface area contributed by atoms with E-state index in [9.17, 15) is 0 Å². The van der Waals surface area contributed by atoms with Crippen molar-refractivity contribution in [2.75, 3.05) is 0 Å². The quantitative estimate of drug-likeness (QED) is 0.127. The summed E-state index contributed by atoms with van der Waals surface area (Å²) in [7, 11) is 0. The first-order valence-corrected chi connectivity index (χ1v) is 24.5. The molecule has 0 aliphatic rings. The van der Waals surface area contributed by atoms with E-state index in [1.54, 1.807) is 12.1 Å². The molecule has 8 aromatic rings. The molecular weight excluding hydrogens is 877 g/mol. The zero-order chi connectivity index (χ0) is 40.2. The Morgan fingerprint density at radius 2 is 1.65 bits per heavy atom. The van der Waals surface area contributed by atoms with Crippen molar-refractivity contribution >= 4 is 50.8 Å². The molecule has 0 amide bonds. The van der Waals surface area contributed by atoms with Gasteiger partial charge in [0.1, 0.15) is 0 Å². The molecule has 4 heterocycles. The van der Waals surface area contributed by atoms with E-state index in [4.69, 9.17) is 16.3 Å². The number of aromatic nitrogens is 4. The normalized spacial score (nSPS) is 13.7. The summed E-state index contributed by atoms with van der Waals surface area (Å²) in [4.78, 5) is 14.1. The molecule has 8 rings (SSSR count). The summed E-state index contributed by atoms with van der Waals surface area (Å²) in [5.41, 5.74) is 7.83. The third-order valence-corrected chi connectivity index (χ3v) is 12.8. The van der Waals surface area contributed by atoms with Crippen LogP contribution in [-0.4, -0.2) is 32.8 Å². The van der Waals surface area contributed by atoms with Crippen LogP contribution >= 0.6 is 0 Å². The molecule has 52 heavy (non-hydrogen) atoms. The average molecular weight is 927 g/mol. The minimum atomic E-state index is -2.36. The van der Waals surface area contributed by atoms with Gasteiger partial charge < -0.3 is 8.98 Å². The Kier molecular flexibility index (Phi) is 8.96. The zero-order valence-corrected chi connectivity index (χ0v) is 34.9. The number of imidazole rings is 1. The van der Waals surface area contributed by atoms with Crippen molar-refractivity contribution in [1.82, 2.24) is 19.5 Å². The Balaban J connectivity index is 0.000000190. The van der Waals surface area contributed by atoms with Gasteiger partial charge >= 0.3 is 145 Å². The van der Waals surface area contributed by atoms with Crippen molar-refractivity contribution in [2.45, 2.75) is 58.2 Å². The number of fused-ring (bicyclic) bond motifs is 4. The molecule has 0 N–H and O–H groups in total. The minimum Gasteiger partial charge on any atom is 0 e. The molecule has 4 aromatic heterocycles. The summed E-state index contributed by atoms with van der Waals surface area (Å²) >= 11 is -2.36. The molecule has 4 aromatic carbocycles. The standard InChI is InChI=1S/C25H16N3O.C20H28GeN.Ir/c1-16-14-15-19-18-10-7-11-20(23(18)29-25(19)26-16)24-27-21-12-5-6-13-22(21)28(24)17-8-3-2-4-9-17;1-15-8-10-16(11-9-15)19-12-17(13-20(2,3)4)18(14-22-19)21(5,6)7;/h2-10,12-15H,1H3;8-10,12,14H,13H2,1-7H3;/q2*-1;/i;1D3,13D2;. The number of aryl methyl sites for hydroxylation is 2. The number of furan rings is 1. The van der Waals surface area contributed by atoms with Gasteiger partial charge in [0, 0.05) is 36.9 Å². The molecule has 0 aliphatic carbocycles. The van der Waals surface area contributed by atoms with Crippen molar-refractivity contribution in [3.05, 3.63) is 138 Å². The van der Waals surface area contributed by atoms with Crippen LogP contribution in [0.4, 0.5) is 0 Å². The van der Waals surface area contributed by atoms with E-state index in [2.05, 4.69) is 68.2 Å². The summed E-state index contributed by atoms with van der Waals surface area (Å²) < 4.78 is 49.5. The number of nitrogens with zero attached hydrogens (tertiary/aromatic N) is 4. The van der Waals surface area contributed by atoms with E-state index in [-0.39, 0.29) is 25.7 Å². The number of hydrogen-bond acceptors (Lipinski definition) is 4. The van der Waals surface area contributed by atoms with Crippen LogP contribution < -0.4 is 4.40 Å². The molecular formula is C45H44GeIrN4O-2. The zero-order valence-electron chi connectivity index (χ0n) is 35.4. The van der Waals surface area contributed by atoms with Crippen molar-refractivity contribution < 1.29 is 31.4 Å². The molecule has 0 spiro atoms. The minimum absolute atomic E-state index is 0. The Morgan fingerprint density at radius 3 is 2.37 bits per heavy atom. The Labute approximate surface area is 330 Å². The maximum absolute atomic E-state index is 8.80. The summed E-state index contributed by atoms with van der Waals surface area (Å²) in [6.45, 7) is 5.52. The second kappa shape index (κ2) is 14.9. The van der Waals surface area contributed by atoms with Crippen molar-refractivity contribution in [3.63, 3.8) is 0 Å². The molecule has 7 heteroatoms. The number of benzene rings is 4. The Bertz CT molecular complexity index is 2690. The van der Waals surface area contributed by atoms with Crippen molar-refractivity contribution in [3.8, 4) is 28.3 Å².